The molecule has 0 saturated heterocycles. The lowest BCUT2D eigenvalue weighted by atomic mass is 10.2. The maximum atomic E-state index is 12.0. The van der Waals surface area contributed by atoms with E-state index in [0.29, 0.717) is 15.6 Å². The van der Waals surface area contributed by atoms with Gasteiger partial charge in [0.1, 0.15) is 11.3 Å². The van der Waals surface area contributed by atoms with Crippen LogP contribution in [-0.2, 0) is 0 Å². The standard InChI is InChI=1S/C16H10BrClN2O3/c17-11-5-9(6-12(18)15(11)21)8-19-20-16(22)14-7-10-3-1-2-4-13(10)23-14/h1-8,21H,(H,20,22)/b19-8+. The van der Waals surface area contributed by atoms with Gasteiger partial charge in [0.2, 0.25) is 0 Å². The van der Waals surface area contributed by atoms with E-state index in [0.717, 1.165) is 5.39 Å². The highest BCUT2D eigenvalue weighted by Crippen LogP contribution is 2.32. The van der Waals surface area contributed by atoms with E-state index >= 15 is 0 Å². The molecule has 116 valence electrons. The molecule has 1 amide bonds. The molecule has 0 aliphatic carbocycles. The molecule has 0 atom stereocenters. The number of carbonyl (C=O) groups excluding carboxylic acids is 1. The fourth-order valence-corrected chi connectivity index (χ4v) is 2.79. The minimum absolute atomic E-state index is 0.0462. The molecule has 2 aromatic carbocycles. The molecule has 0 saturated carbocycles. The number of hydrazone groups is 1. The van der Waals surface area contributed by atoms with Gasteiger partial charge in [-0.05, 0) is 45.8 Å². The lowest BCUT2D eigenvalue weighted by Gasteiger charge is -2.01. The Morgan fingerprint density at radius 2 is 2.09 bits per heavy atom. The second-order valence-corrected chi connectivity index (χ2v) is 5.94. The summed E-state index contributed by atoms with van der Waals surface area (Å²) >= 11 is 9.03. The maximum Gasteiger partial charge on any atom is 0.307 e. The first kappa shape index (κ1) is 15.6. The number of benzene rings is 2. The van der Waals surface area contributed by atoms with Crippen molar-refractivity contribution in [3.63, 3.8) is 0 Å². The van der Waals surface area contributed by atoms with Crippen LogP contribution in [0, 0.1) is 0 Å². The van der Waals surface area contributed by atoms with Gasteiger partial charge in [-0.25, -0.2) is 5.43 Å². The Bertz CT molecular complexity index is 865. The van der Waals surface area contributed by atoms with E-state index in [4.69, 9.17) is 16.0 Å². The van der Waals surface area contributed by atoms with Gasteiger partial charge >= 0.3 is 5.91 Å². The third-order valence-corrected chi connectivity index (χ3v) is 3.96. The van der Waals surface area contributed by atoms with Crippen molar-refractivity contribution in [2.45, 2.75) is 0 Å². The van der Waals surface area contributed by atoms with Crippen molar-refractivity contribution in [3.8, 4) is 5.75 Å². The van der Waals surface area contributed by atoms with Crippen LogP contribution in [0.2, 0.25) is 5.02 Å². The van der Waals surface area contributed by atoms with E-state index in [2.05, 4.69) is 26.5 Å². The van der Waals surface area contributed by atoms with Gasteiger partial charge < -0.3 is 9.52 Å². The number of phenolic OH excluding ortho intramolecular Hbond substituents is 1. The van der Waals surface area contributed by atoms with Gasteiger partial charge in [0.05, 0.1) is 15.7 Å². The normalized spacial score (nSPS) is 11.2. The zero-order valence-electron chi connectivity index (χ0n) is 11.6. The van der Waals surface area contributed by atoms with E-state index in [-0.39, 0.29) is 16.5 Å². The minimum Gasteiger partial charge on any atom is -0.505 e. The number of phenols is 1. The maximum absolute atomic E-state index is 12.0. The lowest BCUT2D eigenvalue weighted by Crippen LogP contribution is -2.16. The molecule has 0 radical (unpaired) electrons. The van der Waals surface area contributed by atoms with Gasteiger partial charge in [-0.1, -0.05) is 29.8 Å². The van der Waals surface area contributed by atoms with Gasteiger partial charge in [-0.3, -0.25) is 4.79 Å². The van der Waals surface area contributed by atoms with E-state index < -0.39 is 5.91 Å². The summed E-state index contributed by atoms with van der Waals surface area (Å²) in [6.45, 7) is 0. The van der Waals surface area contributed by atoms with Gasteiger partial charge in [-0.2, -0.15) is 5.10 Å². The fourth-order valence-electron chi connectivity index (χ4n) is 1.97. The van der Waals surface area contributed by atoms with Crippen LogP contribution in [0.15, 0.2) is 56.5 Å². The van der Waals surface area contributed by atoms with Gasteiger partial charge in [0, 0.05) is 5.39 Å². The van der Waals surface area contributed by atoms with Gasteiger partial charge in [-0.15, -0.1) is 0 Å². The zero-order valence-corrected chi connectivity index (χ0v) is 13.9. The third-order valence-electron chi connectivity index (χ3n) is 3.07. The topological polar surface area (TPSA) is 74.8 Å². The highest BCUT2D eigenvalue weighted by atomic mass is 79.9. The Morgan fingerprint density at radius 1 is 1.30 bits per heavy atom. The number of halogens is 2. The van der Waals surface area contributed by atoms with E-state index in [9.17, 15) is 9.90 Å². The number of hydrogen-bond donors (Lipinski definition) is 2. The molecule has 5 nitrogen and oxygen atoms in total. The predicted octanol–water partition coefficient (Wildman–Crippen LogP) is 4.32. The van der Waals surface area contributed by atoms with Crippen LogP contribution in [0.3, 0.4) is 0 Å². The lowest BCUT2D eigenvalue weighted by molar-refractivity contribution is 0.0929. The highest BCUT2D eigenvalue weighted by molar-refractivity contribution is 9.10. The number of furan rings is 1. The first-order chi connectivity index (χ1) is 11.0. The van der Waals surface area contributed by atoms with Crippen molar-refractivity contribution in [1.82, 2.24) is 5.43 Å². The molecular formula is C16H10BrClN2O3. The number of para-hydroxylation sites is 1. The summed E-state index contributed by atoms with van der Waals surface area (Å²) in [6, 6.07) is 12.1. The zero-order chi connectivity index (χ0) is 16.4. The van der Waals surface area contributed by atoms with Crippen LogP contribution in [-0.4, -0.2) is 17.2 Å². The van der Waals surface area contributed by atoms with Crippen molar-refractivity contribution in [3.05, 3.63) is 63.3 Å². The molecule has 3 rings (SSSR count). The average molecular weight is 394 g/mol. The summed E-state index contributed by atoms with van der Waals surface area (Å²) in [5.74, 6) is -0.329. The Morgan fingerprint density at radius 3 is 2.83 bits per heavy atom. The van der Waals surface area contributed by atoms with Crippen molar-refractivity contribution >= 4 is 50.6 Å². The Labute approximate surface area is 144 Å². The van der Waals surface area contributed by atoms with E-state index in [1.807, 2.05) is 18.2 Å². The highest BCUT2D eigenvalue weighted by Gasteiger charge is 2.11. The van der Waals surface area contributed by atoms with Crippen molar-refractivity contribution in [2.75, 3.05) is 0 Å². The summed E-state index contributed by atoms with van der Waals surface area (Å²) in [5, 5.41) is 14.4. The number of amides is 1. The number of rotatable bonds is 3. The van der Waals surface area contributed by atoms with Crippen molar-refractivity contribution in [2.24, 2.45) is 5.10 Å². The molecule has 0 aliphatic rings. The van der Waals surface area contributed by atoms with Gasteiger partial charge in [0.25, 0.3) is 0 Å². The molecule has 0 unspecified atom stereocenters. The Hall–Kier alpha value is -2.31. The van der Waals surface area contributed by atoms with Crippen molar-refractivity contribution < 1.29 is 14.3 Å². The molecule has 3 aromatic rings. The Kier molecular flexibility index (Phi) is 4.36. The first-order valence-electron chi connectivity index (χ1n) is 6.54. The molecule has 23 heavy (non-hydrogen) atoms. The van der Waals surface area contributed by atoms with Crippen LogP contribution in [0.25, 0.3) is 11.0 Å². The fraction of sp³-hybridized carbons (Fsp3) is 0. The molecule has 0 bridgehead atoms. The monoisotopic (exact) mass is 392 g/mol. The number of hydrogen-bond acceptors (Lipinski definition) is 4. The molecule has 0 fully saturated rings. The van der Waals surface area contributed by atoms with E-state index in [1.165, 1.54) is 12.3 Å². The number of fused-ring (bicyclic) bond motifs is 1. The molecule has 7 heteroatoms. The number of nitrogens with zero attached hydrogens (tertiary/aromatic N) is 1. The van der Waals surface area contributed by atoms with Crippen LogP contribution < -0.4 is 5.43 Å². The van der Waals surface area contributed by atoms with E-state index in [1.54, 1.807) is 18.2 Å². The molecule has 2 N–H and O–H groups in total. The van der Waals surface area contributed by atoms with Crippen LogP contribution in [0.4, 0.5) is 0 Å². The molecule has 0 aliphatic heterocycles. The first-order valence-corrected chi connectivity index (χ1v) is 7.71. The summed E-state index contributed by atoms with van der Waals surface area (Å²) in [7, 11) is 0. The predicted molar refractivity (Wildman–Crippen MR) is 92.1 cm³/mol. The average Bonchev–Trinajstić information content (AvgIpc) is 2.96. The second-order valence-electron chi connectivity index (χ2n) is 4.68. The molecular weight excluding hydrogens is 384 g/mol. The van der Waals surface area contributed by atoms with Crippen LogP contribution >= 0.6 is 27.5 Å². The molecule has 0 spiro atoms. The summed E-state index contributed by atoms with van der Waals surface area (Å²) < 4.78 is 5.88. The minimum atomic E-state index is -0.457. The van der Waals surface area contributed by atoms with Gasteiger partial charge in [0.15, 0.2) is 5.76 Å². The smallest absolute Gasteiger partial charge is 0.307 e. The quantitative estimate of drug-likeness (QED) is 0.514. The largest absolute Gasteiger partial charge is 0.505 e. The Balaban J connectivity index is 1.73. The third kappa shape index (κ3) is 3.38. The summed E-state index contributed by atoms with van der Waals surface area (Å²) in [6.07, 6.45) is 1.41. The summed E-state index contributed by atoms with van der Waals surface area (Å²) in [5.41, 5.74) is 3.63. The van der Waals surface area contributed by atoms with Crippen LogP contribution in [0.1, 0.15) is 16.1 Å². The van der Waals surface area contributed by atoms with Crippen LogP contribution in [0.5, 0.6) is 5.75 Å². The second kappa shape index (κ2) is 6.44. The number of nitrogens with one attached hydrogen (secondary N) is 1. The SMILES string of the molecule is O=C(N/N=C/c1cc(Cl)c(O)c(Br)c1)c1cc2ccccc2o1. The number of aromatic hydroxyl groups is 1. The van der Waals surface area contributed by atoms with Crippen molar-refractivity contribution in [1.29, 1.82) is 0 Å². The molecule has 1 heterocycles. The molecule has 1 aromatic heterocycles. The number of carbonyl (C=O) groups is 1. The summed E-state index contributed by atoms with van der Waals surface area (Å²) in [4.78, 5) is 12.0.